The van der Waals surface area contributed by atoms with E-state index in [1.54, 1.807) is 26.2 Å². The number of hydrogen-bond donors (Lipinski definition) is 15. The fraction of sp³-hybridized carbons (Fsp3) is 0.600. The molecule has 0 unspecified atom stereocenters. The molecular formula is C20H39N6O20P3. The Labute approximate surface area is 274 Å². The third-order valence-electron chi connectivity index (χ3n) is 5.74. The first kappa shape index (κ1) is 46.5. The third-order valence-corrected chi connectivity index (χ3v) is 5.74. The number of rotatable bonds is 4. The zero-order valence-electron chi connectivity index (χ0n) is 25.4. The molecule has 2 aromatic rings. The number of aromatic nitrogens is 4. The zero-order valence-corrected chi connectivity index (χ0v) is 28.1. The van der Waals surface area contributed by atoms with Crippen molar-refractivity contribution in [1.29, 1.82) is 0 Å². The number of aliphatic hydroxyl groups excluding tert-OH is 4. The molecular weight excluding hydrogens is 737 g/mol. The van der Waals surface area contributed by atoms with Crippen molar-refractivity contribution in [2.75, 3.05) is 24.7 Å². The Morgan fingerprint density at radius 3 is 1.12 bits per heavy atom. The number of phosphoric acid groups is 3. The Bertz CT molecular complexity index is 1450. The lowest BCUT2D eigenvalue weighted by molar-refractivity contribution is -0.0459. The molecule has 2 fully saturated rings. The average Bonchev–Trinajstić information content (AvgIpc) is 3.47. The number of aliphatic hydroxyl groups is 4. The third kappa shape index (κ3) is 20.0. The normalized spacial score (nSPS) is 23.4. The molecule has 2 aliphatic rings. The lowest BCUT2D eigenvalue weighted by atomic mass is 10.2. The van der Waals surface area contributed by atoms with E-state index in [0.29, 0.717) is 11.1 Å². The van der Waals surface area contributed by atoms with Gasteiger partial charge in [0.2, 0.25) is 0 Å². The number of nitrogens with zero attached hydrogens (tertiary/aromatic N) is 4. The Balaban J connectivity index is 0.000000671. The summed E-state index contributed by atoms with van der Waals surface area (Å²) in [5.74, 6) is 0.368. The molecule has 49 heavy (non-hydrogen) atoms. The van der Waals surface area contributed by atoms with Crippen LogP contribution in [0.15, 0.2) is 22.0 Å². The van der Waals surface area contributed by atoms with Crippen LogP contribution in [0, 0.1) is 13.8 Å². The van der Waals surface area contributed by atoms with Crippen molar-refractivity contribution in [2.24, 2.45) is 0 Å². The Hall–Kier alpha value is -2.55. The van der Waals surface area contributed by atoms with Crippen LogP contribution < -0.4 is 22.8 Å². The van der Waals surface area contributed by atoms with Crippen LogP contribution in [0.5, 0.6) is 0 Å². The largest absolute Gasteiger partial charge is 0.466 e. The number of anilines is 2. The lowest BCUT2D eigenvalue weighted by Gasteiger charge is -2.15. The first-order valence-electron chi connectivity index (χ1n) is 13.0. The highest BCUT2D eigenvalue weighted by molar-refractivity contribution is 7.45. The highest BCUT2D eigenvalue weighted by atomic mass is 31.2. The second kappa shape index (κ2) is 19.7. The van der Waals surface area contributed by atoms with Gasteiger partial charge in [-0.1, -0.05) is 0 Å². The van der Waals surface area contributed by atoms with Gasteiger partial charge in [-0.3, -0.25) is 9.13 Å². The first-order chi connectivity index (χ1) is 22.0. The molecule has 2 aliphatic heterocycles. The quantitative estimate of drug-likeness (QED) is 0.129. The number of hydrogen-bond acceptors (Lipinski definition) is 15. The number of aryl methyl sites for hydroxylation is 2. The standard InChI is InChI=1S/2C10H15N3O4.3H3O4P/c2*1-5-3-13(10(16)12-9(5)11)8-2-6(15)7(4-14)17-8;3*1-5(2,3)4/h2*3,6-8,14-15H,2,4H2,1H3,(H2,11,12,16);3*(H3,1,2,3,4)/t2*6-,7+,8+;;;/m00.../s1. The molecule has 17 N–H and O–H groups in total. The predicted molar refractivity (Wildman–Crippen MR) is 161 cm³/mol. The number of nitrogen functional groups attached to an aromatic ring is 2. The number of nitrogens with two attached hydrogens (primary N) is 2. The molecule has 6 atom stereocenters. The molecule has 0 aliphatic carbocycles. The van der Waals surface area contributed by atoms with Gasteiger partial charge in [0.15, 0.2) is 0 Å². The lowest BCUT2D eigenvalue weighted by Crippen LogP contribution is -2.28. The Morgan fingerprint density at radius 2 is 0.918 bits per heavy atom. The summed E-state index contributed by atoms with van der Waals surface area (Å²) in [7, 11) is -13.9. The fourth-order valence-corrected chi connectivity index (χ4v) is 3.67. The van der Waals surface area contributed by atoms with Crippen LogP contribution >= 0.6 is 23.5 Å². The molecule has 284 valence electrons. The van der Waals surface area contributed by atoms with Gasteiger partial charge in [-0.2, -0.15) is 9.97 Å². The molecule has 0 radical (unpaired) electrons. The highest BCUT2D eigenvalue weighted by Gasteiger charge is 2.36. The van der Waals surface area contributed by atoms with Gasteiger partial charge >= 0.3 is 34.8 Å². The van der Waals surface area contributed by atoms with Crippen molar-refractivity contribution in [3.05, 3.63) is 44.5 Å². The fourth-order valence-electron chi connectivity index (χ4n) is 3.67. The van der Waals surface area contributed by atoms with E-state index in [-0.39, 0.29) is 37.7 Å². The minimum atomic E-state index is -4.64. The van der Waals surface area contributed by atoms with Gasteiger partial charge in [-0.05, 0) is 13.8 Å². The minimum absolute atomic E-state index is 0.184. The van der Waals surface area contributed by atoms with Gasteiger partial charge in [-0.15, -0.1) is 0 Å². The molecule has 4 rings (SSSR count). The van der Waals surface area contributed by atoms with E-state index in [9.17, 15) is 19.8 Å². The van der Waals surface area contributed by atoms with Gasteiger partial charge in [0.25, 0.3) is 0 Å². The molecule has 0 saturated carbocycles. The molecule has 4 heterocycles. The van der Waals surface area contributed by atoms with Crippen molar-refractivity contribution < 1.29 is 87.6 Å². The zero-order chi connectivity index (χ0) is 38.7. The molecule has 0 aromatic carbocycles. The summed E-state index contributed by atoms with van der Waals surface area (Å²) >= 11 is 0. The summed E-state index contributed by atoms with van der Waals surface area (Å²) < 4.78 is 39.9. The van der Waals surface area contributed by atoms with Crippen LogP contribution in [0.1, 0.15) is 36.4 Å². The maximum Gasteiger partial charge on any atom is 0.466 e. The van der Waals surface area contributed by atoms with Crippen molar-refractivity contribution in [3.63, 3.8) is 0 Å². The van der Waals surface area contributed by atoms with Crippen LogP contribution in [-0.2, 0) is 23.2 Å². The van der Waals surface area contributed by atoms with Gasteiger partial charge in [-0.25, -0.2) is 23.3 Å². The maximum absolute atomic E-state index is 11.6. The van der Waals surface area contributed by atoms with Crippen LogP contribution in [0.25, 0.3) is 0 Å². The Morgan fingerprint density at radius 1 is 0.673 bits per heavy atom. The SMILES string of the molecule is Cc1cn([C@H]2C[C@H](O)[C@@H](CO)O2)c(=O)nc1N.Cc1cn([C@H]2C[C@H](O)[C@@H](CO)O2)c(=O)nc1N.O=P(O)(O)O.O=P(O)(O)O.O=P(O)(O)O. The molecule has 26 nitrogen and oxygen atoms in total. The van der Waals surface area contributed by atoms with E-state index in [2.05, 4.69) is 9.97 Å². The van der Waals surface area contributed by atoms with Gasteiger partial charge < -0.3 is 85.4 Å². The van der Waals surface area contributed by atoms with Crippen LogP contribution in [-0.4, -0.2) is 121 Å². The van der Waals surface area contributed by atoms with Crippen molar-refractivity contribution in [2.45, 2.75) is 63.6 Å². The second-order valence-electron chi connectivity index (χ2n) is 9.77. The van der Waals surface area contributed by atoms with E-state index in [1.165, 1.54) is 9.13 Å². The van der Waals surface area contributed by atoms with E-state index >= 15 is 0 Å². The van der Waals surface area contributed by atoms with E-state index in [0.717, 1.165) is 0 Å². The Kier molecular flexibility index (Phi) is 18.7. The van der Waals surface area contributed by atoms with Crippen LogP contribution in [0.3, 0.4) is 0 Å². The van der Waals surface area contributed by atoms with Crippen LogP contribution in [0.4, 0.5) is 11.6 Å². The topological polar surface area (TPSA) is 454 Å². The minimum Gasteiger partial charge on any atom is -0.394 e. The van der Waals surface area contributed by atoms with Crippen molar-refractivity contribution >= 4 is 35.1 Å². The average molecular weight is 776 g/mol. The summed E-state index contributed by atoms with van der Waals surface area (Å²) in [5, 5.41) is 37.1. The number of ether oxygens (including phenoxy) is 2. The molecule has 0 amide bonds. The summed E-state index contributed by atoms with van der Waals surface area (Å²) in [6, 6.07) is 0. The summed E-state index contributed by atoms with van der Waals surface area (Å²) in [6.45, 7) is 2.89. The molecule has 29 heteroatoms. The van der Waals surface area contributed by atoms with Crippen molar-refractivity contribution in [1.82, 2.24) is 19.1 Å². The van der Waals surface area contributed by atoms with Crippen LogP contribution in [0.2, 0.25) is 0 Å². The van der Waals surface area contributed by atoms with Gasteiger partial charge in [0, 0.05) is 36.4 Å². The van der Waals surface area contributed by atoms with E-state index < -0.39 is 71.7 Å². The van der Waals surface area contributed by atoms with Gasteiger partial charge in [0.1, 0.15) is 36.3 Å². The molecule has 0 spiro atoms. The second-order valence-corrected chi connectivity index (χ2v) is 12.8. The summed E-state index contributed by atoms with van der Waals surface area (Å²) in [5.41, 5.74) is 11.3. The predicted octanol–water partition coefficient (Wildman–Crippen LogP) is -5.24. The molecule has 0 bridgehead atoms. The smallest absolute Gasteiger partial charge is 0.394 e. The van der Waals surface area contributed by atoms with Gasteiger partial charge in [0.05, 0.1) is 25.4 Å². The molecule has 2 aromatic heterocycles. The maximum atomic E-state index is 11.6. The van der Waals surface area contributed by atoms with E-state index in [1.807, 2.05) is 0 Å². The summed E-state index contributed by atoms with van der Waals surface area (Å²) in [4.78, 5) is 95.3. The monoisotopic (exact) mass is 776 g/mol. The first-order valence-corrected chi connectivity index (χ1v) is 17.7. The van der Waals surface area contributed by atoms with E-state index in [4.69, 9.17) is 88.9 Å². The highest BCUT2D eigenvalue weighted by Crippen LogP contribution is 2.29. The molecule has 2 saturated heterocycles. The van der Waals surface area contributed by atoms with Crippen molar-refractivity contribution in [3.8, 4) is 0 Å². The summed E-state index contributed by atoms with van der Waals surface area (Å²) in [6.07, 6.45) is -0.530.